The van der Waals surface area contributed by atoms with E-state index in [4.69, 9.17) is 0 Å². The molecule has 2 heteroatoms. The fourth-order valence-corrected chi connectivity index (χ4v) is 1.54. The smallest absolute Gasteiger partial charge is 0.162 e. The van der Waals surface area contributed by atoms with Crippen LogP contribution in [0.25, 0.3) is 0 Å². The topological polar surface area (TPSA) is 40.5 Å². The molecule has 0 heterocycles. The molecule has 0 fully saturated rings. The monoisotopic (exact) mass is 188 g/mol. The Labute approximate surface area is 82.0 Å². The number of aliphatic hydroxyl groups is 2. The van der Waals surface area contributed by atoms with Gasteiger partial charge in [-0.1, -0.05) is 34.1 Å². The lowest BCUT2D eigenvalue weighted by molar-refractivity contribution is -0.192. The highest BCUT2D eigenvalue weighted by atomic mass is 16.5. The van der Waals surface area contributed by atoms with E-state index >= 15 is 0 Å². The average molecular weight is 188 g/mol. The van der Waals surface area contributed by atoms with E-state index in [0.717, 1.165) is 12.8 Å². The van der Waals surface area contributed by atoms with Gasteiger partial charge in [0, 0.05) is 5.92 Å². The van der Waals surface area contributed by atoms with Crippen LogP contribution in [0.15, 0.2) is 0 Å². The van der Waals surface area contributed by atoms with Gasteiger partial charge in [0.2, 0.25) is 0 Å². The van der Waals surface area contributed by atoms with Gasteiger partial charge < -0.3 is 10.2 Å². The molecule has 0 aromatic carbocycles. The Morgan fingerprint density at radius 2 is 1.62 bits per heavy atom. The standard InChI is InChI=1S/C11H24O2/c1-6-8(2)7-9(3)10(4)11(5,12)13/h8-10,12-13H,6-7H2,1-5H3. The van der Waals surface area contributed by atoms with Crippen LogP contribution in [0.3, 0.4) is 0 Å². The Balaban J connectivity index is 4.03. The van der Waals surface area contributed by atoms with E-state index in [9.17, 15) is 10.2 Å². The SMILES string of the molecule is CCC(C)CC(C)C(C)C(C)(O)O. The number of rotatable bonds is 5. The summed E-state index contributed by atoms with van der Waals surface area (Å²) in [5, 5.41) is 18.8. The molecule has 3 unspecified atom stereocenters. The van der Waals surface area contributed by atoms with E-state index < -0.39 is 5.79 Å². The summed E-state index contributed by atoms with van der Waals surface area (Å²) in [6, 6.07) is 0. The van der Waals surface area contributed by atoms with Crippen LogP contribution in [0, 0.1) is 17.8 Å². The van der Waals surface area contributed by atoms with Crippen LogP contribution in [0.1, 0.15) is 47.5 Å². The summed E-state index contributed by atoms with van der Waals surface area (Å²) in [7, 11) is 0. The van der Waals surface area contributed by atoms with Crippen molar-refractivity contribution >= 4 is 0 Å². The van der Waals surface area contributed by atoms with Gasteiger partial charge in [-0.2, -0.15) is 0 Å². The van der Waals surface area contributed by atoms with Crippen LogP contribution >= 0.6 is 0 Å². The first kappa shape index (κ1) is 12.9. The third-order valence-corrected chi connectivity index (χ3v) is 3.19. The van der Waals surface area contributed by atoms with E-state index in [1.165, 1.54) is 6.92 Å². The maximum absolute atomic E-state index is 9.40. The minimum absolute atomic E-state index is 0.0681. The molecule has 0 rings (SSSR count). The van der Waals surface area contributed by atoms with Gasteiger partial charge in [-0.15, -0.1) is 0 Å². The Bertz CT molecular complexity index is 138. The van der Waals surface area contributed by atoms with Crippen molar-refractivity contribution in [1.29, 1.82) is 0 Å². The van der Waals surface area contributed by atoms with E-state index in [-0.39, 0.29) is 5.92 Å². The molecular weight excluding hydrogens is 164 g/mol. The second-order valence-electron chi connectivity index (χ2n) is 4.61. The molecule has 3 atom stereocenters. The molecule has 0 aliphatic rings. The summed E-state index contributed by atoms with van der Waals surface area (Å²) in [4.78, 5) is 0. The molecule has 0 bridgehead atoms. The number of hydrogen-bond acceptors (Lipinski definition) is 2. The first-order valence-electron chi connectivity index (χ1n) is 5.23. The Kier molecular flexibility index (Phi) is 4.93. The summed E-state index contributed by atoms with van der Waals surface area (Å²) in [5.74, 6) is -0.580. The summed E-state index contributed by atoms with van der Waals surface area (Å²) in [6.07, 6.45) is 2.22. The zero-order valence-electron chi connectivity index (χ0n) is 9.54. The summed E-state index contributed by atoms with van der Waals surface area (Å²) < 4.78 is 0. The van der Waals surface area contributed by atoms with Gasteiger partial charge in [-0.05, 0) is 25.2 Å². The van der Waals surface area contributed by atoms with Gasteiger partial charge in [0.05, 0.1) is 0 Å². The molecule has 0 aromatic rings. The van der Waals surface area contributed by atoms with E-state index in [1.54, 1.807) is 0 Å². The molecule has 0 spiro atoms. The summed E-state index contributed by atoms with van der Waals surface area (Å²) >= 11 is 0. The van der Waals surface area contributed by atoms with Gasteiger partial charge >= 0.3 is 0 Å². The molecule has 2 N–H and O–H groups in total. The van der Waals surface area contributed by atoms with Crippen molar-refractivity contribution in [3.8, 4) is 0 Å². The predicted octanol–water partition coefficient (Wildman–Crippen LogP) is 2.40. The van der Waals surface area contributed by atoms with Crippen molar-refractivity contribution in [2.45, 2.75) is 53.2 Å². The first-order chi connectivity index (χ1) is 5.79. The molecule has 0 saturated heterocycles. The fraction of sp³-hybridized carbons (Fsp3) is 1.00. The third-order valence-electron chi connectivity index (χ3n) is 3.19. The molecule has 0 aromatic heterocycles. The molecule has 13 heavy (non-hydrogen) atoms. The predicted molar refractivity (Wildman–Crippen MR) is 55.2 cm³/mol. The van der Waals surface area contributed by atoms with Crippen molar-refractivity contribution in [2.75, 3.05) is 0 Å². The zero-order valence-corrected chi connectivity index (χ0v) is 9.54. The Hall–Kier alpha value is -0.0800. The number of hydrogen-bond donors (Lipinski definition) is 2. The molecule has 2 nitrogen and oxygen atoms in total. The molecule has 0 saturated carbocycles. The van der Waals surface area contributed by atoms with Gasteiger partial charge in [-0.3, -0.25) is 0 Å². The van der Waals surface area contributed by atoms with Crippen molar-refractivity contribution in [3.05, 3.63) is 0 Å². The van der Waals surface area contributed by atoms with Crippen molar-refractivity contribution in [3.63, 3.8) is 0 Å². The highest BCUT2D eigenvalue weighted by molar-refractivity contribution is 4.73. The van der Waals surface area contributed by atoms with Crippen LogP contribution in [-0.2, 0) is 0 Å². The molecule has 0 amide bonds. The van der Waals surface area contributed by atoms with Crippen LogP contribution in [0.4, 0.5) is 0 Å². The fourth-order valence-electron chi connectivity index (χ4n) is 1.54. The lowest BCUT2D eigenvalue weighted by atomic mass is 9.82. The van der Waals surface area contributed by atoms with Crippen molar-refractivity contribution in [1.82, 2.24) is 0 Å². The normalized spacial score (nSPS) is 19.6. The van der Waals surface area contributed by atoms with Gasteiger partial charge in [0.25, 0.3) is 0 Å². The van der Waals surface area contributed by atoms with E-state index in [0.29, 0.717) is 11.8 Å². The van der Waals surface area contributed by atoms with E-state index in [1.807, 2.05) is 6.92 Å². The first-order valence-corrected chi connectivity index (χ1v) is 5.23. The quantitative estimate of drug-likeness (QED) is 0.650. The molecule has 0 aliphatic heterocycles. The highest BCUT2D eigenvalue weighted by Crippen LogP contribution is 2.28. The van der Waals surface area contributed by atoms with Gasteiger partial charge in [-0.25, -0.2) is 0 Å². The second-order valence-corrected chi connectivity index (χ2v) is 4.61. The maximum Gasteiger partial charge on any atom is 0.162 e. The highest BCUT2D eigenvalue weighted by Gasteiger charge is 2.29. The summed E-state index contributed by atoms with van der Waals surface area (Å²) in [6.45, 7) is 9.81. The maximum atomic E-state index is 9.40. The van der Waals surface area contributed by atoms with Crippen molar-refractivity contribution < 1.29 is 10.2 Å². The molecule has 0 aliphatic carbocycles. The van der Waals surface area contributed by atoms with Gasteiger partial charge in [0.1, 0.15) is 0 Å². The Morgan fingerprint density at radius 3 is 1.92 bits per heavy atom. The summed E-state index contributed by atoms with van der Waals surface area (Å²) in [5.41, 5.74) is 0. The zero-order chi connectivity index (χ0) is 10.6. The van der Waals surface area contributed by atoms with Crippen LogP contribution < -0.4 is 0 Å². The minimum Gasteiger partial charge on any atom is -0.366 e. The third kappa shape index (κ3) is 4.63. The van der Waals surface area contributed by atoms with Crippen LogP contribution in [-0.4, -0.2) is 16.0 Å². The average Bonchev–Trinajstić information content (AvgIpc) is 2.01. The lowest BCUT2D eigenvalue weighted by Crippen LogP contribution is -2.36. The molecular formula is C11H24O2. The van der Waals surface area contributed by atoms with Gasteiger partial charge in [0.15, 0.2) is 5.79 Å². The van der Waals surface area contributed by atoms with Crippen LogP contribution in [0.5, 0.6) is 0 Å². The van der Waals surface area contributed by atoms with Crippen LogP contribution in [0.2, 0.25) is 0 Å². The molecule has 80 valence electrons. The van der Waals surface area contributed by atoms with Crippen molar-refractivity contribution in [2.24, 2.45) is 17.8 Å². The largest absolute Gasteiger partial charge is 0.366 e. The Morgan fingerprint density at radius 1 is 1.15 bits per heavy atom. The minimum atomic E-state index is -1.53. The van der Waals surface area contributed by atoms with E-state index in [2.05, 4.69) is 20.8 Å². The molecule has 0 radical (unpaired) electrons. The second kappa shape index (κ2) is 4.97. The lowest BCUT2D eigenvalue weighted by Gasteiger charge is -2.30.